The number of aliphatic hydroxyl groups excluding tert-OH is 1. The molecule has 0 unspecified atom stereocenters. The highest BCUT2D eigenvalue weighted by atomic mass is 19.1. The fourth-order valence-corrected chi connectivity index (χ4v) is 9.51. The molecule has 4 aromatic rings. The third-order valence-corrected chi connectivity index (χ3v) is 13.8. The molecule has 4 atom stereocenters. The van der Waals surface area contributed by atoms with E-state index in [0.29, 0.717) is 62.4 Å². The number of hydrogen-bond donors (Lipinski definition) is 7. The Hall–Kier alpha value is -8.12. The molecular weight excluding hydrogens is 1060 g/mol. The van der Waals surface area contributed by atoms with E-state index >= 15 is 4.39 Å². The number of imidazole rings is 1. The van der Waals surface area contributed by atoms with Crippen molar-refractivity contribution in [3.05, 3.63) is 120 Å². The number of anilines is 1. The maximum absolute atomic E-state index is 15.3. The van der Waals surface area contributed by atoms with E-state index in [4.69, 9.17) is 20.2 Å². The molecule has 3 heterocycles. The summed E-state index contributed by atoms with van der Waals surface area (Å²) in [7, 11) is 0. The lowest BCUT2D eigenvalue weighted by molar-refractivity contribution is -0.139. The van der Waals surface area contributed by atoms with Crippen LogP contribution in [0.1, 0.15) is 94.6 Å². The quantitative estimate of drug-likeness (QED) is 0.0258. The number of nitrogens with one attached hydrogen (secondary N) is 5. The van der Waals surface area contributed by atoms with Gasteiger partial charge in [-0.1, -0.05) is 62.7 Å². The van der Waals surface area contributed by atoms with Gasteiger partial charge in [0.2, 0.25) is 23.6 Å². The van der Waals surface area contributed by atoms with Crippen LogP contribution in [-0.2, 0) is 51.4 Å². The molecule has 0 spiro atoms. The van der Waals surface area contributed by atoms with Crippen LogP contribution in [-0.4, -0.2) is 136 Å². The number of unbranched alkanes of at least 4 members (excludes halogenated alkanes) is 2. The van der Waals surface area contributed by atoms with Gasteiger partial charge in [0.25, 0.3) is 11.8 Å². The lowest BCUT2D eigenvalue weighted by Gasteiger charge is -2.39. The minimum Gasteiger partial charge on any atom is -0.445 e. The average Bonchev–Trinajstić information content (AvgIpc) is 4.13. The van der Waals surface area contributed by atoms with E-state index in [-0.39, 0.29) is 93.4 Å². The molecule has 0 bridgehead atoms. The van der Waals surface area contributed by atoms with Crippen LogP contribution in [0.3, 0.4) is 0 Å². The molecule has 2 aliphatic rings. The number of amides is 9. The molecule has 6 rings (SSSR count). The van der Waals surface area contributed by atoms with E-state index in [2.05, 4.69) is 26.6 Å². The molecule has 436 valence electrons. The van der Waals surface area contributed by atoms with E-state index in [1.807, 2.05) is 30.3 Å². The molecule has 0 saturated carbocycles. The van der Waals surface area contributed by atoms with Crippen LogP contribution in [0.15, 0.2) is 91.1 Å². The van der Waals surface area contributed by atoms with Gasteiger partial charge in [0.1, 0.15) is 49.4 Å². The number of imide groups is 1. The Balaban J connectivity index is 1.06. The van der Waals surface area contributed by atoms with Crippen molar-refractivity contribution in [1.82, 2.24) is 40.6 Å². The van der Waals surface area contributed by atoms with E-state index in [1.165, 1.54) is 29.2 Å². The van der Waals surface area contributed by atoms with Crippen LogP contribution in [0.25, 0.3) is 11.3 Å². The van der Waals surface area contributed by atoms with Gasteiger partial charge in [0, 0.05) is 75.4 Å². The van der Waals surface area contributed by atoms with Crippen molar-refractivity contribution >= 4 is 53.3 Å². The predicted octanol–water partition coefficient (Wildman–Crippen LogP) is 5.32. The fourth-order valence-electron chi connectivity index (χ4n) is 9.51. The smallest absolute Gasteiger partial charge is 0.407 e. The monoisotopic (exact) mass is 1130 g/mol. The average molecular weight is 1130 g/mol. The maximum Gasteiger partial charge on any atom is 0.407 e. The Labute approximate surface area is 467 Å². The summed E-state index contributed by atoms with van der Waals surface area (Å²) in [6.07, 6.45) is 5.74. The first kappa shape index (κ1) is 62.1. The summed E-state index contributed by atoms with van der Waals surface area (Å²) in [5.41, 5.74) is 6.87. The van der Waals surface area contributed by atoms with Crippen molar-refractivity contribution in [2.75, 3.05) is 51.4 Å². The van der Waals surface area contributed by atoms with Gasteiger partial charge in [0.15, 0.2) is 0 Å². The first-order valence-electron chi connectivity index (χ1n) is 27.0. The highest BCUT2D eigenvalue weighted by Crippen LogP contribution is 2.37. The summed E-state index contributed by atoms with van der Waals surface area (Å²) in [5, 5.41) is 23.5. The van der Waals surface area contributed by atoms with Gasteiger partial charge < -0.3 is 56.4 Å². The highest BCUT2D eigenvalue weighted by Gasteiger charge is 2.38. The van der Waals surface area contributed by atoms with Crippen LogP contribution in [0.4, 0.5) is 28.4 Å². The van der Waals surface area contributed by atoms with Gasteiger partial charge in [-0.15, -0.1) is 0 Å². The van der Waals surface area contributed by atoms with Gasteiger partial charge in [-0.25, -0.2) is 27.7 Å². The number of aromatic nitrogens is 2. The molecule has 3 aromatic carbocycles. The molecule has 8 N–H and O–H groups in total. The Bertz CT molecular complexity index is 2810. The summed E-state index contributed by atoms with van der Waals surface area (Å²) in [6, 6.07) is 13.6. The normalized spacial score (nSPS) is 14.9. The van der Waals surface area contributed by atoms with Crippen LogP contribution < -0.4 is 32.3 Å². The Morgan fingerprint density at radius 3 is 2.25 bits per heavy atom. The number of primary amides is 1. The van der Waals surface area contributed by atoms with Crippen molar-refractivity contribution < 1.29 is 66.1 Å². The number of carbonyl (C=O) groups excluding carboxylic acids is 8. The topological polar surface area (TPSA) is 286 Å². The molecule has 0 radical (unpaired) electrons. The molecular formula is C57H71F3N10O11. The van der Waals surface area contributed by atoms with E-state index in [1.54, 1.807) is 36.7 Å². The molecule has 81 heavy (non-hydrogen) atoms. The van der Waals surface area contributed by atoms with Crippen molar-refractivity contribution in [3.63, 3.8) is 0 Å². The van der Waals surface area contributed by atoms with Crippen LogP contribution in [0.2, 0.25) is 0 Å². The van der Waals surface area contributed by atoms with Gasteiger partial charge >= 0.3 is 12.1 Å². The van der Waals surface area contributed by atoms with E-state index in [9.17, 15) is 52.2 Å². The number of rotatable bonds is 30. The van der Waals surface area contributed by atoms with E-state index < -0.39 is 84.8 Å². The number of alkyl carbamates (subject to hydrolysis) is 1. The number of halogens is 3. The zero-order valence-corrected chi connectivity index (χ0v) is 45.4. The lowest BCUT2D eigenvalue weighted by atomic mass is 9.89. The van der Waals surface area contributed by atoms with Gasteiger partial charge in [-0.3, -0.25) is 33.7 Å². The molecule has 1 fully saturated rings. The number of aliphatic hydroxyl groups is 1. The molecule has 1 saturated heterocycles. The Kier molecular flexibility index (Phi) is 23.8. The summed E-state index contributed by atoms with van der Waals surface area (Å²) in [5.74, 6) is -4.82. The zero-order valence-electron chi connectivity index (χ0n) is 45.4. The SMILES string of the molecule is CC(C)[C@H](NC(=O)CCCCCN1C(=O)C=CC1=O)C(=O)N[C@@H](CCCNC(N)=O)C(=O)Nc1ccc(COC(=O)N[C@H](CF)CCN(C(=O)CO)[C@@H](c2nc(-c3cc(F)ccc3F)cn2Cc2ccccc2)C2CCOCC2)cc1. The first-order chi connectivity index (χ1) is 38.9. The molecule has 9 amide bonds. The number of hydrogen-bond acceptors (Lipinski definition) is 12. The van der Waals surface area contributed by atoms with E-state index in [0.717, 1.165) is 28.7 Å². The minimum absolute atomic E-state index is 0.0721. The minimum atomic E-state index is -1.16. The second-order valence-electron chi connectivity index (χ2n) is 20.2. The second kappa shape index (κ2) is 31.0. The summed E-state index contributed by atoms with van der Waals surface area (Å²) in [6.45, 7) is 2.35. The summed E-state index contributed by atoms with van der Waals surface area (Å²) in [4.78, 5) is 110. The standard InChI is InChI=1S/C57H71F3N10O11/c1-36(2)51(67-47(72)13-7-4-8-26-69-48(73)20-21-49(69)74)55(77)66-45(12-9-25-62-56(61)78)54(76)63-41-17-14-38(15-18-41)35-81-57(79)64-42(31-58)22-27-70(50(75)34-71)52(39-23-28-80-29-24-39)53-65-46(43-30-40(59)16-19-44(43)60)33-68(53)32-37-10-5-3-6-11-37/h3,5-6,10-11,14-21,30,33,36,39,42,45,51-52,71H,4,7-9,12-13,22-29,31-32,34-35H2,1-2H3,(H,63,76)(H,64,79)(H,66,77)(H,67,72)(H3,61,62,78)/t42-,45-,51-,52+/m0/s1. The number of benzene rings is 3. The van der Waals surface area contributed by atoms with Crippen LogP contribution in [0, 0.1) is 23.5 Å². The van der Waals surface area contributed by atoms with Crippen molar-refractivity contribution in [2.24, 2.45) is 17.6 Å². The van der Waals surface area contributed by atoms with Gasteiger partial charge in [-0.2, -0.15) is 0 Å². The Morgan fingerprint density at radius 2 is 1.58 bits per heavy atom. The Morgan fingerprint density at radius 1 is 0.864 bits per heavy atom. The third-order valence-electron chi connectivity index (χ3n) is 13.8. The van der Waals surface area contributed by atoms with Crippen molar-refractivity contribution in [1.29, 1.82) is 0 Å². The molecule has 1 aromatic heterocycles. The molecule has 21 nitrogen and oxygen atoms in total. The fraction of sp³-hybridized carbons (Fsp3) is 0.456. The second-order valence-corrected chi connectivity index (χ2v) is 20.2. The molecule has 24 heteroatoms. The van der Waals surface area contributed by atoms with Crippen LogP contribution in [0.5, 0.6) is 0 Å². The number of ether oxygens (including phenoxy) is 2. The van der Waals surface area contributed by atoms with Crippen molar-refractivity contribution in [3.8, 4) is 11.3 Å². The predicted molar refractivity (Wildman–Crippen MR) is 291 cm³/mol. The largest absolute Gasteiger partial charge is 0.445 e. The number of carbonyl (C=O) groups is 8. The highest BCUT2D eigenvalue weighted by molar-refractivity contribution is 6.12. The number of urea groups is 1. The number of nitrogens with two attached hydrogens (primary N) is 1. The molecule has 0 aliphatic carbocycles. The molecule has 2 aliphatic heterocycles. The van der Waals surface area contributed by atoms with Gasteiger partial charge in [0.05, 0.1) is 17.8 Å². The van der Waals surface area contributed by atoms with Crippen LogP contribution >= 0.6 is 0 Å². The number of alkyl halides is 1. The van der Waals surface area contributed by atoms with Gasteiger partial charge in [-0.05, 0) is 98.2 Å². The third kappa shape index (κ3) is 18.7. The first-order valence-corrected chi connectivity index (χ1v) is 27.0. The number of nitrogens with zero attached hydrogens (tertiary/aromatic N) is 4. The van der Waals surface area contributed by atoms with Crippen molar-refractivity contribution in [2.45, 2.75) is 109 Å². The lowest BCUT2D eigenvalue weighted by Crippen LogP contribution is -2.54. The summed E-state index contributed by atoms with van der Waals surface area (Å²) >= 11 is 0. The maximum atomic E-state index is 15.3. The zero-order chi connectivity index (χ0) is 58.4. The summed E-state index contributed by atoms with van der Waals surface area (Å²) < 4.78 is 57.4.